The van der Waals surface area contributed by atoms with Crippen molar-refractivity contribution in [3.05, 3.63) is 60.2 Å². The van der Waals surface area contributed by atoms with Crippen LogP contribution in [-0.4, -0.2) is 56.8 Å². The molecule has 232 valence electrons. The van der Waals surface area contributed by atoms with Crippen molar-refractivity contribution in [2.45, 2.75) is 45.6 Å². The van der Waals surface area contributed by atoms with E-state index in [0.29, 0.717) is 40.9 Å². The van der Waals surface area contributed by atoms with Gasteiger partial charge in [0.2, 0.25) is 0 Å². The number of halogens is 1. The highest BCUT2D eigenvalue weighted by molar-refractivity contribution is 9.09. The van der Waals surface area contributed by atoms with E-state index in [-0.39, 0.29) is 6.04 Å². The summed E-state index contributed by atoms with van der Waals surface area (Å²) in [5, 5.41) is 43.6. The lowest BCUT2D eigenvalue weighted by Crippen LogP contribution is -2.46. The molecule has 0 aromatic carbocycles. The van der Waals surface area contributed by atoms with Crippen molar-refractivity contribution in [1.82, 2.24) is 19.2 Å². The number of alkyl halides is 1. The van der Waals surface area contributed by atoms with E-state index in [1.54, 1.807) is 21.4 Å². The van der Waals surface area contributed by atoms with E-state index in [0.717, 1.165) is 61.4 Å². The Balaban J connectivity index is 0.000000185. The van der Waals surface area contributed by atoms with Crippen LogP contribution < -0.4 is 15.5 Å². The highest BCUT2D eigenvalue weighted by Gasteiger charge is 2.26. The summed E-state index contributed by atoms with van der Waals surface area (Å²) in [6, 6.07) is 20.2. The van der Waals surface area contributed by atoms with Crippen LogP contribution in [-0.2, 0) is 0 Å². The third kappa shape index (κ3) is 8.11. The molecule has 6 rings (SSSR count). The number of anilines is 2. The largest absolute Gasteiger partial charge is 0.369 e. The number of nitriles is 4. The summed E-state index contributed by atoms with van der Waals surface area (Å²) in [4.78, 5) is 4.69. The van der Waals surface area contributed by atoms with Gasteiger partial charge < -0.3 is 15.5 Å². The number of hydrogen-bond donors (Lipinski definition) is 1. The molecular weight excluding hydrogens is 630 g/mol. The molecule has 4 aromatic rings. The van der Waals surface area contributed by atoms with E-state index < -0.39 is 0 Å². The van der Waals surface area contributed by atoms with Crippen LogP contribution in [0.3, 0.4) is 0 Å². The number of rotatable bonds is 4. The molecule has 45 heavy (non-hydrogen) atoms. The predicted octanol–water partition coefficient (Wildman–Crippen LogP) is 5.26. The Kier molecular flexibility index (Phi) is 11.8. The molecule has 0 amide bonds. The molecule has 4 aromatic heterocycles. The predicted molar refractivity (Wildman–Crippen MR) is 178 cm³/mol. The van der Waals surface area contributed by atoms with Gasteiger partial charge in [0.1, 0.15) is 23.5 Å². The van der Waals surface area contributed by atoms with E-state index >= 15 is 0 Å². The van der Waals surface area contributed by atoms with Gasteiger partial charge in [-0.1, -0.05) is 29.8 Å². The molecular formula is C33H38BrN11. The maximum atomic E-state index is 9.18. The smallest absolute Gasteiger partial charge is 0.142 e. The highest BCUT2D eigenvalue weighted by Crippen LogP contribution is 2.32. The number of piperidine rings is 2. The second kappa shape index (κ2) is 15.9. The number of nitrogens with zero attached hydrogens (tertiary/aromatic N) is 10. The number of aromatic nitrogens is 4. The van der Waals surface area contributed by atoms with Crippen LogP contribution in [0, 0.1) is 63.1 Å². The van der Waals surface area contributed by atoms with Crippen molar-refractivity contribution in [2.24, 2.45) is 23.5 Å². The molecule has 2 saturated heterocycles. The van der Waals surface area contributed by atoms with Crippen LogP contribution in [0.25, 0.3) is 11.0 Å². The van der Waals surface area contributed by atoms with Crippen molar-refractivity contribution in [3.8, 4) is 24.3 Å². The van der Waals surface area contributed by atoms with Crippen LogP contribution in [0.1, 0.15) is 50.9 Å². The van der Waals surface area contributed by atoms with E-state index in [9.17, 15) is 5.26 Å². The monoisotopic (exact) mass is 667 g/mol. The van der Waals surface area contributed by atoms with Gasteiger partial charge in [-0.15, -0.1) is 0 Å². The van der Waals surface area contributed by atoms with Gasteiger partial charge >= 0.3 is 0 Å². The van der Waals surface area contributed by atoms with Crippen LogP contribution >= 0.6 is 15.9 Å². The molecule has 2 aliphatic heterocycles. The third-order valence-corrected chi connectivity index (χ3v) is 8.39. The molecule has 2 N–H and O–H groups in total. The van der Waals surface area contributed by atoms with Crippen molar-refractivity contribution in [3.63, 3.8) is 0 Å². The van der Waals surface area contributed by atoms with E-state index in [1.807, 2.05) is 42.5 Å². The fourth-order valence-electron chi connectivity index (χ4n) is 6.46. The van der Waals surface area contributed by atoms with E-state index in [4.69, 9.17) is 21.5 Å². The topological polar surface area (TPSA) is 162 Å². The van der Waals surface area contributed by atoms with Crippen molar-refractivity contribution in [1.29, 1.82) is 21.0 Å². The first-order valence-corrected chi connectivity index (χ1v) is 16.2. The van der Waals surface area contributed by atoms with E-state index in [1.165, 1.54) is 6.42 Å². The lowest BCUT2D eigenvalue weighted by Gasteiger charge is -2.38. The van der Waals surface area contributed by atoms with Gasteiger partial charge in [-0.05, 0) is 73.4 Å². The summed E-state index contributed by atoms with van der Waals surface area (Å²) in [7, 11) is 0. The molecule has 2 fully saturated rings. The fraction of sp³-hybridized carbons (Fsp3) is 0.455. The first-order chi connectivity index (χ1) is 21.8. The lowest BCUT2D eigenvalue weighted by molar-refractivity contribution is 0.323. The molecule has 0 saturated carbocycles. The minimum absolute atomic E-state index is 0.211. The van der Waals surface area contributed by atoms with Crippen molar-refractivity contribution < 1.29 is 0 Å². The first-order valence-electron chi connectivity index (χ1n) is 15.1. The molecule has 12 heteroatoms. The van der Waals surface area contributed by atoms with Crippen molar-refractivity contribution >= 4 is 38.3 Å². The van der Waals surface area contributed by atoms with Crippen LogP contribution in [0.5, 0.6) is 0 Å². The van der Waals surface area contributed by atoms with Crippen LogP contribution in [0.15, 0.2) is 48.8 Å². The first kappa shape index (κ1) is 33.3. The zero-order valence-electron chi connectivity index (χ0n) is 25.7. The Labute approximate surface area is 272 Å². The average molecular weight is 669 g/mol. The van der Waals surface area contributed by atoms with Gasteiger partial charge in [-0.3, -0.25) is 0 Å². The third-order valence-electron chi connectivity index (χ3n) is 8.14. The minimum atomic E-state index is 0.211. The molecule has 0 unspecified atom stereocenters. The molecule has 0 radical (unpaired) electrons. The van der Waals surface area contributed by atoms with Gasteiger partial charge in [0.15, 0.2) is 0 Å². The zero-order chi connectivity index (χ0) is 32.3. The van der Waals surface area contributed by atoms with Crippen LogP contribution in [0.4, 0.5) is 11.4 Å². The molecule has 2 aliphatic rings. The fourth-order valence-corrected chi connectivity index (χ4v) is 6.46. The Bertz CT molecular complexity index is 1740. The van der Waals surface area contributed by atoms with Crippen molar-refractivity contribution in [2.75, 3.05) is 41.3 Å². The highest BCUT2D eigenvalue weighted by atomic mass is 79.9. The summed E-state index contributed by atoms with van der Waals surface area (Å²) in [5.74, 6) is 1.75. The Morgan fingerprint density at radius 1 is 0.756 bits per heavy atom. The van der Waals surface area contributed by atoms with E-state index in [2.05, 4.69) is 68.0 Å². The average Bonchev–Trinajstić information content (AvgIpc) is 3.73. The molecule has 6 heterocycles. The van der Waals surface area contributed by atoms with Gasteiger partial charge in [0, 0.05) is 38.6 Å². The number of nitrogens with two attached hydrogens (primary N) is 1. The van der Waals surface area contributed by atoms with Gasteiger partial charge in [0.05, 0.1) is 52.3 Å². The molecule has 0 spiro atoms. The molecule has 0 aliphatic carbocycles. The summed E-state index contributed by atoms with van der Waals surface area (Å²) in [6.07, 6.45) is 7.31. The molecule has 11 nitrogen and oxygen atoms in total. The number of pyridine rings is 2. The number of fused-ring (bicyclic) bond motifs is 2. The maximum absolute atomic E-state index is 9.18. The number of hydrogen-bond acceptors (Lipinski definition) is 9. The second-order valence-electron chi connectivity index (χ2n) is 11.8. The standard InChI is InChI=1S/C17H19N5.C14H17N5.C2H2BrN/c1-13-9-14(3-2-7-18)12-21(11-13)16-5-4-15(10-19)22-17(16)6-8-20-22;1-10-6-11(16)9-18(8-10)13-3-2-12(7-15)19-14(13)4-5-17-19;3-1-2-4/h4-6,8,13-14H,2-3,9,11-12H2,1H3;2-5,10-11H,6,8-9,16H2,1H3;1H2/t13-,14+;10-,11+;/m00./s1. The maximum Gasteiger partial charge on any atom is 0.142 e. The molecule has 0 bridgehead atoms. The second-order valence-corrected chi connectivity index (χ2v) is 12.4. The van der Waals surface area contributed by atoms with Gasteiger partial charge in [-0.2, -0.15) is 31.2 Å². The Morgan fingerprint density at radius 2 is 1.27 bits per heavy atom. The van der Waals surface area contributed by atoms with Gasteiger partial charge in [0.25, 0.3) is 0 Å². The quantitative estimate of drug-likeness (QED) is 0.286. The Morgan fingerprint density at radius 3 is 1.73 bits per heavy atom. The normalized spacial score (nSPS) is 20.9. The summed E-state index contributed by atoms with van der Waals surface area (Å²) >= 11 is 2.89. The SMILES string of the molecule is C[C@H]1C[C@@H](CCC#N)CN(c2ccc(C#N)n3nccc23)C1.C[C@H]1C[C@@H](N)CN(c2ccc(C#N)n3nccc23)C1.N#CCBr. The van der Waals surface area contributed by atoms with Gasteiger partial charge in [-0.25, -0.2) is 9.03 Å². The summed E-state index contributed by atoms with van der Waals surface area (Å²) in [6.45, 7) is 8.33. The molecule has 4 atom stereocenters. The summed E-state index contributed by atoms with van der Waals surface area (Å²) in [5.41, 5.74) is 11.4. The zero-order valence-corrected chi connectivity index (χ0v) is 27.3. The summed E-state index contributed by atoms with van der Waals surface area (Å²) < 4.78 is 3.40. The van der Waals surface area contributed by atoms with Crippen LogP contribution in [0.2, 0.25) is 0 Å². The lowest BCUT2D eigenvalue weighted by atomic mass is 9.87. The minimum Gasteiger partial charge on any atom is -0.369 e. The Hall–Kier alpha value is -4.62.